The SMILES string of the molecule is CCCCCCCCCCn1c(CCc2ccc(C(=N)N)cc2)nc2c[c]ccc21. The second kappa shape index (κ2) is 11.5. The summed E-state index contributed by atoms with van der Waals surface area (Å²) in [5.74, 6) is 1.27. The molecule has 4 heteroatoms. The number of hydrogen-bond donors (Lipinski definition) is 2. The Labute approximate surface area is 181 Å². The Morgan fingerprint density at radius 1 is 0.967 bits per heavy atom. The van der Waals surface area contributed by atoms with Crippen molar-refractivity contribution in [1.29, 1.82) is 5.41 Å². The van der Waals surface area contributed by atoms with E-state index in [1.807, 2.05) is 24.3 Å². The van der Waals surface area contributed by atoms with Gasteiger partial charge in [-0.15, -0.1) is 0 Å². The predicted molar refractivity (Wildman–Crippen MR) is 126 cm³/mol. The molecule has 0 aliphatic carbocycles. The van der Waals surface area contributed by atoms with Gasteiger partial charge in [-0.3, -0.25) is 5.41 Å². The maximum absolute atomic E-state index is 7.53. The predicted octanol–water partition coefficient (Wildman–Crippen LogP) is 6.05. The van der Waals surface area contributed by atoms with E-state index < -0.39 is 0 Å². The normalized spacial score (nSPS) is 11.2. The van der Waals surface area contributed by atoms with Gasteiger partial charge in [0.05, 0.1) is 11.0 Å². The van der Waals surface area contributed by atoms with Gasteiger partial charge in [0.25, 0.3) is 0 Å². The molecule has 4 nitrogen and oxygen atoms in total. The van der Waals surface area contributed by atoms with Crippen molar-refractivity contribution < 1.29 is 0 Å². The van der Waals surface area contributed by atoms with Crippen LogP contribution in [0.1, 0.15) is 75.2 Å². The highest BCUT2D eigenvalue weighted by Gasteiger charge is 2.10. The monoisotopic (exact) mass is 403 g/mol. The fourth-order valence-corrected chi connectivity index (χ4v) is 4.02. The third kappa shape index (κ3) is 6.19. The summed E-state index contributed by atoms with van der Waals surface area (Å²) in [6.07, 6.45) is 12.5. The smallest absolute Gasteiger partial charge is 0.122 e. The lowest BCUT2D eigenvalue weighted by molar-refractivity contribution is 0.540. The number of imidazole rings is 1. The van der Waals surface area contributed by atoms with Crippen LogP contribution in [0.25, 0.3) is 11.0 Å². The molecule has 30 heavy (non-hydrogen) atoms. The van der Waals surface area contributed by atoms with Crippen LogP contribution in [0.2, 0.25) is 0 Å². The zero-order valence-corrected chi connectivity index (χ0v) is 18.3. The molecule has 0 amide bonds. The Hall–Kier alpha value is -2.62. The number of nitrogens with zero attached hydrogens (tertiary/aromatic N) is 2. The van der Waals surface area contributed by atoms with Gasteiger partial charge in [-0.05, 0) is 36.6 Å². The van der Waals surface area contributed by atoms with Gasteiger partial charge in [-0.1, -0.05) is 82.2 Å². The molecular formula is C26H35N4. The van der Waals surface area contributed by atoms with Crippen molar-refractivity contribution in [3.63, 3.8) is 0 Å². The third-order valence-corrected chi connectivity index (χ3v) is 5.81. The van der Waals surface area contributed by atoms with Gasteiger partial charge in [-0.2, -0.15) is 0 Å². The topological polar surface area (TPSA) is 67.7 Å². The highest BCUT2D eigenvalue weighted by atomic mass is 15.1. The van der Waals surface area contributed by atoms with E-state index in [0.717, 1.165) is 36.3 Å². The quantitative estimate of drug-likeness (QED) is 0.207. The molecule has 0 atom stereocenters. The number of nitrogen functional groups attached to an aromatic ring is 1. The maximum atomic E-state index is 7.53. The lowest BCUT2D eigenvalue weighted by atomic mass is 10.1. The van der Waals surface area contributed by atoms with Gasteiger partial charge in [0, 0.05) is 18.5 Å². The summed E-state index contributed by atoms with van der Waals surface area (Å²) >= 11 is 0. The van der Waals surface area contributed by atoms with E-state index in [0.29, 0.717) is 0 Å². The Morgan fingerprint density at radius 2 is 1.67 bits per heavy atom. The van der Waals surface area contributed by atoms with Gasteiger partial charge in [0.15, 0.2) is 0 Å². The van der Waals surface area contributed by atoms with Crippen LogP contribution >= 0.6 is 0 Å². The van der Waals surface area contributed by atoms with Crippen molar-refractivity contribution in [2.45, 2.75) is 77.7 Å². The highest BCUT2D eigenvalue weighted by Crippen LogP contribution is 2.19. The van der Waals surface area contributed by atoms with Gasteiger partial charge in [0.1, 0.15) is 11.7 Å². The minimum absolute atomic E-state index is 0.116. The summed E-state index contributed by atoms with van der Waals surface area (Å²) in [4.78, 5) is 4.90. The Balaban J connectivity index is 1.58. The molecule has 0 unspecified atom stereocenters. The fourth-order valence-electron chi connectivity index (χ4n) is 4.02. The molecule has 3 aromatic rings. The van der Waals surface area contributed by atoms with Crippen molar-refractivity contribution in [1.82, 2.24) is 9.55 Å². The molecular weight excluding hydrogens is 368 g/mol. The van der Waals surface area contributed by atoms with Crippen LogP contribution in [0, 0.1) is 11.5 Å². The summed E-state index contributed by atoms with van der Waals surface area (Å²) < 4.78 is 2.41. The number of aromatic nitrogens is 2. The van der Waals surface area contributed by atoms with E-state index in [4.69, 9.17) is 16.1 Å². The van der Waals surface area contributed by atoms with E-state index in [9.17, 15) is 0 Å². The molecule has 0 bridgehead atoms. The lowest BCUT2D eigenvalue weighted by Crippen LogP contribution is -2.10. The van der Waals surface area contributed by atoms with Crippen LogP contribution in [-0.2, 0) is 19.4 Å². The van der Waals surface area contributed by atoms with Crippen LogP contribution in [0.4, 0.5) is 0 Å². The standard InChI is InChI=1S/C26H35N4/c1-2-3-4-5-6-7-8-11-20-30-24-13-10-9-12-23(24)29-25(30)19-16-21-14-17-22(18-15-21)26(27)28/h10,12-15,17-18H,2-8,11,16,19-20H2,1H3,(H3,27,28). The first-order valence-electron chi connectivity index (χ1n) is 11.5. The molecule has 1 radical (unpaired) electrons. The van der Waals surface area contributed by atoms with Gasteiger partial charge < -0.3 is 10.3 Å². The molecule has 2 aromatic carbocycles. The van der Waals surface area contributed by atoms with Gasteiger partial charge >= 0.3 is 0 Å². The Morgan fingerprint density at radius 3 is 2.37 bits per heavy atom. The first-order chi connectivity index (χ1) is 14.7. The average molecular weight is 404 g/mol. The van der Waals surface area contributed by atoms with Crippen molar-refractivity contribution >= 4 is 16.9 Å². The minimum Gasteiger partial charge on any atom is -0.384 e. The number of nitrogens with one attached hydrogen (secondary N) is 1. The van der Waals surface area contributed by atoms with E-state index in [2.05, 4.69) is 35.8 Å². The van der Waals surface area contributed by atoms with Crippen LogP contribution in [0.15, 0.2) is 42.5 Å². The number of unbranched alkanes of at least 4 members (excludes halogenated alkanes) is 7. The Bertz CT molecular complexity index is 924. The van der Waals surface area contributed by atoms with Crippen LogP contribution in [0.5, 0.6) is 0 Å². The number of amidine groups is 1. The zero-order chi connectivity index (χ0) is 21.2. The number of fused-ring (bicyclic) bond motifs is 1. The largest absolute Gasteiger partial charge is 0.384 e. The maximum Gasteiger partial charge on any atom is 0.122 e. The van der Waals surface area contributed by atoms with Crippen LogP contribution in [0.3, 0.4) is 0 Å². The summed E-state index contributed by atoms with van der Waals surface area (Å²) in [5.41, 5.74) is 9.84. The molecule has 0 saturated carbocycles. The number of rotatable bonds is 13. The molecule has 159 valence electrons. The summed E-state index contributed by atoms with van der Waals surface area (Å²) in [5, 5.41) is 7.53. The second-order valence-corrected chi connectivity index (χ2v) is 8.18. The zero-order valence-electron chi connectivity index (χ0n) is 18.3. The molecule has 0 spiro atoms. The second-order valence-electron chi connectivity index (χ2n) is 8.18. The van der Waals surface area contributed by atoms with Gasteiger partial charge in [-0.25, -0.2) is 4.98 Å². The molecule has 0 saturated heterocycles. The van der Waals surface area contributed by atoms with Crippen molar-refractivity contribution in [3.05, 3.63) is 65.5 Å². The summed E-state index contributed by atoms with van der Waals surface area (Å²) in [7, 11) is 0. The van der Waals surface area contributed by atoms with Crippen molar-refractivity contribution in [3.8, 4) is 0 Å². The van der Waals surface area contributed by atoms with E-state index in [1.165, 1.54) is 62.4 Å². The van der Waals surface area contributed by atoms with Gasteiger partial charge in [0.2, 0.25) is 0 Å². The minimum atomic E-state index is 0.116. The molecule has 3 N–H and O–H groups in total. The summed E-state index contributed by atoms with van der Waals surface area (Å²) in [6.45, 7) is 3.31. The molecule has 3 rings (SSSR count). The first-order valence-corrected chi connectivity index (χ1v) is 11.5. The van der Waals surface area contributed by atoms with Crippen LogP contribution in [-0.4, -0.2) is 15.4 Å². The average Bonchev–Trinajstić information content (AvgIpc) is 3.12. The van der Waals surface area contributed by atoms with E-state index >= 15 is 0 Å². The highest BCUT2D eigenvalue weighted by molar-refractivity contribution is 5.94. The number of nitrogens with two attached hydrogens (primary N) is 1. The molecule has 0 fully saturated rings. The number of benzene rings is 2. The molecule has 1 aromatic heterocycles. The first kappa shape index (κ1) is 22.1. The van der Waals surface area contributed by atoms with Crippen LogP contribution < -0.4 is 5.73 Å². The third-order valence-electron chi connectivity index (χ3n) is 5.81. The fraction of sp³-hybridized carbons (Fsp3) is 0.462. The Kier molecular flexibility index (Phi) is 8.49. The molecule has 0 aliphatic heterocycles. The molecule has 0 aliphatic rings. The van der Waals surface area contributed by atoms with E-state index in [-0.39, 0.29) is 5.84 Å². The molecule has 1 heterocycles. The summed E-state index contributed by atoms with van der Waals surface area (Å²) in [6, 6.07) is 17.3. The van der Waals surface area contributed by atoms with Crippen molar-refractivity contribution in [2.75, 3.05) is 0 Å². The van der Waals surface area contributed by atoms with Crippen molar-refractivity contribution in [2.24, 2.45) is 5.73 Å². The lowest BCUT2D eigenvalue weighted by Gasteiger charge is -2.10. The number of hydrogen-bond acceptors (Lipinski definition) is 2. The number of aryl methyl sites for hydroxylation is 3. The van der Waals surface area contributed by atoms with E-state index in [1.54, 1.807) is 0 Å².